The first-order chi connectivity index (χ1) is 6.31. The van der Waals surface area contributed by atoms with E-state index in [-0.39, 0.29) is 0 Å². The van der Waals surface area contributed by atoms with Crippen molar-refractivity contribution < 1.29 is 0 Å². The highest BCUT2D eigenvalue weighted by Crippen LogP contribution is 2.30. The van der Waals surface area contributed by atoms with Crippen molar-refractivity contribution in [2.75, 3.05) is 0 Å². The minimum Gasteiger partial charge on any atom is -0.125 e. The van der Waals surface area contributed by atoms with E-state index in [1.165, 1.54) is 27.4 Å². The molecule has 0 bridgehead atoms. The van der Waals surface area contributed by atoms with E-state index in [0.29, 0.717) is 0 Å². The number of thioether (sulfide) groups is 1. The summed E-state index contributed by atoms with van der Waals surface area (Å²) in [5, 5.41) is 2.52. The number of halogens is 1. The second-order valence-corrected chi connectivity index (χ2v) is 4.41. The third kappa shape index (κ3) is 1.74. The highest BCUT2D eigenvalue weighted by atomic mass is 79.9. The van der Waals surface area contributed by atoms with Gasteiger partial charge in [-0.05, 0) is 22.9 Å². The lowest BCUT2D eigenvalue weighted by Gasteiger charge is -2.04. The van der Waals surface area contributed by atoms with Gasteiger partial charge in [0.2, 0.25) is 0 Å². The molecule has 2 heteroatoms. The first-order valence-corrected chi connectivity index (χ1v) is 5.69. The standard InChI is InChI=1S/C11H8BrS/c1-13-11-7-9(12)6-8-4-2-3-5-10(8)11/h2-7H,1H2. The number of fused-ring (bicyclic) bond motifs is 1. The van der Waals surface area contributed by atoms with Crippen LogP contribution in [0.1, 0.15) is 0 Å². The summed E-state index contributed by atoms with van der Waals surface area (Å²) in [4.78, 5) is 1.21. The summed E-state index contributed by atoms with van der Waals surface area (Å²) in [6, 6.07) is 12.5. The Balaban J connectivity index is 2.81. The van der Waals surface area contributed by atoms with E-state index in [2.05, 4.69) is 52.5 Å². The summed E-state index contributed by atoms with van der Waals surface area (Å²) >= 11 is 5.02. The van der Waals surface area contributed by atoms with Crippen LogP contribution in [0.3, 0.4) is 0 Å². The topological polar surface area (TPSA) is 0 Å². The Morgan fingerprint density at radius 1 is 1.15 bits per heavy atom. The van der Waals surface area contributed by atoms with Crippen molar-refractivity contribution in [3.63, 3.8) is 0 Å². The molecule has 0 aliphatic heterocycles. The molecule has 65 valence electrons. The molecule has 0 saturated heterocycles. The second kappa shape index (κ2) is 3.72. The molecule has 0 spiro atoms. The highest BCUT2D eigenvalue weighted by Gasteiger charge is 2.00. The molecule has 13 heavy (non-hydrogen) atoms. The van der Waals surface area contributed by atoms with Gasteiger partial charge < -0.3 is 0 Å². The van der Waals surface area contributed by atoms with Gasteiger partial charge in [0.15, 0.2) is 0 Å². The van der Waals surface area contributed by atoms with Gasteiger partial charge in [0, 0.05) is 15.6 Å². The summed E-state index contributed by atoms with van der Waals surface area (Å²) in [7, 11) is 0. The Morgan fingerprint density at radius 3 is 2.69 bits per heavy atom. The van der Waals surface area contributed by atoms with Gasteiger partial charge in [0.1, 0.15) is 0 Å². The fourth-order valence-electron chi connectivity index (χ4n) is 1.36. The Bertz CT molecular complexity index is 437. The van der Waals surface area contributed by atoms with Crippen LogP contribution in [0, 0.1) is 6.26 Å². The van der Waals surface area contributed by atoms with E-state index in [0.717, 1.165) is 4.47 Å². The molecule has 0 amide bonds. The van der Waals surface area contributed by atoms with Crippen LogP contribution in [0.15, 0.2) is 45.8 Å². The van der Waals surface area contributed by atoms with Gasteiger partial charge in [0.25, 0.3) is 0 Å². The molecular formula is C11H8BrS. The lowest BCUT2D eigenvalue weighted by atomic mass is 10.1. The van der Waals surface area contributed by atoms with Gasteiger partial charge in [-0.3, -0.25) is 0 Å². The first kappa shape index (κ1) is 9.10. The zero-order valence-electron chi connectivity index (χ0n) is 6.96. The molecule has 0 unspecified atom stereocenters. The van der Waals surface area contributed by atoms with Crippen LogP contribution in [-0.2, 0) is 0 Å². The molecule has 0 fully saturated rings. The maximum absolute atomic E-state index is 3.84. The Morgan fingerprint density at radius 2 is 1.92 bits per heavy atom. The van der Waals surface area contributed by atoms with Crippen molar-refractivity contribution in [3.05, 3.63) is 47.1 Å². The largest absolute Gasteiger partial charge is 0.125 e. The molecule has 0 atom stereocenters. The Labute approximate surface area is 90.5 Å². The normalized spacial score (nSPS) is 10.6. The van der Waals surface area contributed by atoms with E-state index in [4.69, 9.17) is 0 Å². The molecule has 2 aromatic carbocycles. The van der Waals surface area contributed by atoms with Crippen LogP contribution >= 0.6 is 27.7 Å². The van der Waals surface area contributed by atoms with Gasteiger partial charge >= 0.3 is 0 Å². The minimum atomic E-state index is 1.11. The summed E-state index contributed by atoms with van der Waals surface area (Å²) in [6.07, 6.45) is 3.84. The van der Waals surface area contributed by atoms with Crippen LogP contribution in [0.5, 0.6) is 0 Å². The van der Waals surface area contributed by atoms with Crippen LogP contribution in [0.2, 0.25) is 0 Å². The zero-order chi connectivity index (χ0) is 9.26. The van der Waals surface area contributed by atoms with Gasteiger partial charge in [-0.2, -0.15) is 0 Å². The maximum atomic E-state index is 3.84. The SMILES string of the molecule is [CH2]Sc1cc(Br)cc2ccccc12. The average Bonchev–Trinajstić information content (AvgIpc) is 2.16. The molecule has 0 saturated carbocycles. The molecule has 0 N–H and O–H groups in total. The zero-order valence-corrected chi connectivity index (χ0v) is 9.36. The third-order valence-corrected chi connectivity index (χ3v) is 3.05. The van der Waals surface area contributed by atoms with E-state index in [9.17, 15) is 0 Å². The van der Waals surface area contributed by atoms with E-state index < -0.39 is 0 Å². The molecule has 0 nitrogen and oxygen atoms in total. The first-order valence-electron chi connectivity index (χ1n) is 3.91. The van der Waals surface area contributed by atoms with Crippen LogP contribution in [-0.4, -0.2) is 0 Å². The average molecular weight is 252 g/mol. The molecule has 0 aromatic heterocycles. The Kier molecular flexibility index (Phi) is 2.61. The number of rotatable bonds is 1. The maximum Gasteiger partial charge on any atom is 0.0192 e. The van der Waals surface area contributed by atoms with Crippen molar-refractivity contribution in [1.82, 2.24) is 0 Å². The van der Waals surface area contributed by atoms with Crippen molar-refractivity contribution in [2.45, 2.75) is 4.90 Å². The quantitative estimate of drug-likeness (QED) is 0.674. The summed E-state index contributed by atoms with van der Waals surface area (Å²) < 4.78 is 1.11. The van der Waals surface area contributed by atoms with Crippen molar-refractivity contribution in [2.24, 2.45) is 0 Å². The number of hydrogen-bond donors (Lipinski definition) is 0. The van der Waals surface area contributed by atoms with Gasteiger partial charge in [0.05, 0.1) is 0 Å². The molecule has 2 rings (SSSR count). The summed E-state index contributed by atoms with van der Waals surface area (Å²) in [5.74, 6) is 0. The smallest absolute Gasteiger partial charge is 0.0192 e. The van der Waals surface area contributed by atoms with Crippen LogP contribution in [0.4, 0.5) is 0 Å². The minimum absolute atomic E-state index is 1.11. The lowest BCUT2D eigenvalue weighted by molar-refractivity contribution is 1.52. The molecule has 0 aliphatic carbocycles. The van der Waals surface area contributed by atoms with Crippen molar-refractivity contribution in [3.8, 4) is 0 Å². The number of benzene rings is 2. The molecule has 2 aromatic rings. The Hall–Kier alpha value is -0.470. The molecule has 0 aliphatic rings. The van der Waals surface area contributed by atoms with E-state index in [1.54, 1.807) is 0 Å². The lowest BCUT2D eigenvalue weighted by Crippen LogP contribution is -1.76. The van der Waals surface area contributed by atoms with Crippen molar-refractivity contribution in [1.29, 1.82) is 0 Å². The summed E-state index contributed by atoms with van der Waals surface area (Å²) in [5.41, 5.74) is 0. The monoisotopic (exact) mass is 251 g/mol. The molecular weight excluding hydrogens is 244 g/mol. The fraction of sp³-hybridized carbons (Fsp3) is 0. The third-order valence-electron chi connectivity index (χ3n) is 1.94. The summed E-state index contributed by atoms with van der Waals surface area (Å²) in [6.45, 7) is 0. The highest BCUT2D eigenvalue weighted by molar-refractivity contribution is 9.10. The molecule has 0 heterocycles. The predicted molar refractivity (Wildman–Crippen MR) is 62.9 cm³/mol. The second-order valence-electron chi connectivity index (χ2n) is 2.77. The van der Waals surface area contributed by atoms with Crippen molar-refractivity contribution >= 4 is 38.5 Å². The van der Waals surface area contributed by atoms with Gasteiger partial charge in [-0.15, -0.1) is 11.8 Å². The van der Waals surface area contributed by atoms with E-state index >= 15 is 0 Å². The fourth-order valence-corrected chi connectivity index (χ4v) is 2.54. The van der Waals surface area contributed by atoms with Gasteiger partial charge in [-0.25, -0.2) is 0 Å². The van der Waals surface area contributed by atoms with E-state index in [1.807, 2.05) is 6.07 Å². The predicted octanol–water partition coefficient (Wildman–Crippen LogP) is 4.49. The van der Waals surface area contributed by atoms with Crippen LogP contribution in [0.25, 0.3) is 10.8 Å². The van der Waals surface area contributed by atoms with Gasteiger partial charge in [-0.1, -0.05) is 40.2 Å². The van der Waals surface area contributed by atoms with Crippen LogP contribution < -0.4 is 0 Å². The molecule has 1 radical (unpaired) electrons. The number of hydrogen-bond acceptors (Lipinski definition) is 1.